The zero-order valence-electron chi connectivity index (χ0n) is 11.3. The number of halogens is 1. The van der Waals surface area contributed by atoms with E-state index in [-0.39, 0.29) is 6.10 Å². The molecule has 1 aromatic rings. The van der Waals surface area contributed by atoms with Crippen LogP contribution in [0.2, 0.25) is 5.02 Å². The maximum absolute atomic E-state index is 6.12. The number of hydrogen-bond donors (Lipinski definition) is 1. The number of hydrogen-bond acceptors (Lipinski definition) is 3. The summed E-state index contributed by atoms with van der Waals surface area (Å²) in [6, 6.07) is 5.47. The number of nitrogens with two attached hydrogens (primary N) is 1. The topological polar surface area (TPSA) is 44.5 Å². The second-order valence-electron chi connectivity index (χ2n) is 4.44. The van der Waals surface area contributed by atoms with Gasteiger partial charge in [0.25, 0.3) is 0 Å². The van der Waals surface area contributed by atoms with Crippen molar-refractivity contribution in [3.63, 3.8) is 0 Å². The largest absolute Gasteiger partial charge is 0.491 e. The Bertz CT molecular complexity index is 371. The van der Waals surface area contributed by atoms with E-state index in [4.69, 9.17) is 26.8 Å². The molecule has 0 fully saturated rings. The molecule has 0 aliphatic heterocycles. The highest BCUT2D eigenvalue weighted by atomic mass is 35.5. The van der Waals surface area contributed by atoms with Crippen molar-refractivity contribution in [1.82, 2.24) is 0 Å². The van der Waals surface area contributed by atoms with E-state index in [1.165, 1.54) is 0 Å². The number of rotatable bonds is 7. The van der Waals surface area contributed by atoms with Crippen LogP contribution < -0.4 is 15.2 Å². The minimum absolute atomic E-state index is 0.168. The van der Waals surface area contributed by atoms with Gasteiger partial charge in [0.15, 0.2) is 0 Å². The smallest absolute Gasteiger partial charge is 0.138 e. The maximum atomic E-state index is 6.12. The van der Waals surface area contributed by atoms with E-state index < -0.39 is 0 Å². The maximum Gasteiger partial charge on any atom is 0.138 e. The summed E-state index contributed by atoms with van der Waals surface area (Å²) in [4.78, 5) is 0. The molecule has 1 rings (SSSR count). The highest BCUT2D eigenvalue weighted by Crippen LogP contribution is 2.29. The standard InChI is InChI=1S/C14H22ClNO2/c1-4-10(2)11(3)18-12-5-6-14(13(15)9-12)17-8-7-16/h5-6,9-11H,4,7-8,16H2,1-3H3. The van der Waals surface area contributed by atoms with Crippen LogP contribution in [0.3, 0.4) is 0 Å². The van der Waals surface area contributed by atoms with Gasteiger partial charge in [0.1, 0.15) is 18.1 Å². The zero-order chi connectivity index (χ0) is 13.5. The molecule has 3 nitrogen and oxygen atoms in total. The molecule has 0 saturated carbocycles. The Morgan fingerprint density at radius 2 is 2.06 bits per heavy atom. The summed E-state index contributed by atoms with van der Waals surface area (Å²) in [5, 5.41) is 0.553. The Morgan fingerprint density at radius 3 is 2.61 bits per heavy atom. The molecule has 1 aromatic carbocycles. The van der Waals surface area contributed by atoms with Crippen molar-refractivity contribution in [3.8, 4) is 11.5 Å². The minimum Gasteiger partial charge on any atom is -0.491 e. The highest BCUT2D eigenvalue weighted by Gasteiger charge is 2.12. The molecule has 18 heavy (non-hydrogen) atoms. The predicted molar refractivity (Wildman–Crippen MR) is 75.5 cm³/mol. The first-order valence-electron chi connectivity index (χ1n) is 6.37. The molecule has 2 unspecified atom stereocenters. The van der Waals surface area contributed by atoms with Crippen LogP contribution in [0.4, 0.5) is 0 Å². The van der Waals surface area contributed by atoms with Gasteiger partial charge in [0.05, 0.1) is 11.1 Å². The minimum atomic E-state index is 0.168. The molecule has 0 aliphatic rings. The predicted octanol–water partition coefficient (Wildman–Crippen LogP) is 3.49. The fourth-order valence-corrected chi connectivity index (χ4v) is 1.73. The van der Waals surface area contributed by atoms with Crippen molar-refractivity contribution < 1.29 is 9.47 Å². The molecule has 0 saturated heterocycles. The Balaban J connectivity index is 2.66. The number of ether oxygens (including phenoxy) is 2. The van der Waals surface area contributed by atoms with E-state index in [0.717, 1.165) is 12.2 Å². The van der Waals surface area contributed by atoms with Crippen LogP contribution in [0, 0.1) is 5.92 Å². The van der Waals surface area contributed by atoms with E-state index >= 15 is 0 Å². The summed E-state index contributed by atoms with van der Waals surface area (Å²) in [5.41, 5.74) is 5.38. The lowest BCUT2D eigenvalue weighted by molar-refractivity contribution is 0.158. The summed E-state index contributed by atoms with van der Waals surface area (Å²) in [7, 11) is 0. The van der Waals surface area contributed by atoms with Crippen molar-refractivity contribution in [1.29, 1.82) is 0 Å². The van der Waals surface area contributed by atoms with Crippen LogP contribution >= 0.6 is 11.6 Å². The van der Waals surface area contributed by atoms with Crippen molar-refractivity contribution in [2.45, 2.75) is 33.3 Å². The van der Waals surface area contributed by atoms with Gasteiger partial charge in [-0.05, 0) is 25.0 Å². The van der Waals surface area contributed by atoms with Gasteiger partial charge in [0, 0.05) is 12.6 Å². The summed E-state index contributed by atoms with van der Waals surface area (Å²) in [6.45, 7) is 7.33. The van der Waals surface area contributed by atoms with Gasteiger partial charge in [-0.2, -0.15) is 0 Å². The van der Waals surface area contributed by atoms with E-state index in [0.29, 0.717) is 29.8 Å². The third kappa shape index (κ3) is 4.39. The fraction of sp³-hybridized carbons (Fsp3) is 0.571. The third-order valence-corrected chi connectivity index (χ3v) is 3.34. The lowest BCUT2D eigenvalue weighted by Crippen LogP contribution is -2.20. The van der Waals surface area contributed by atoms with Crippen molar-refractivity contribution in [2.24, 2.45) is 11.7 Å². The van der Waals surface area contributed by atoms with E-state index in [2.05, 4.69) is 20.8 Å². The first-order chi connectivity index (χ1) is 8.58. The van der Waals surface area contributed by atoms with Crippen LogP contribution in [-0.2, 0) is 0 Å². The van der Waals surface area contributed by atoms with Crippen molar-refractivity contribution in [2.75, 3.05) is 13.2 Å². The van der Waals surface area contributed by atoms with Crippen LogP contribution in [0.25, 0.3) is 0 Å². The van der Waals surface area contributed by atoms with Crippen molar-refractivity contribution >= 4 is 11.6 Å². The Morgan fingerprint density at radius 1 is 1.33 bits per heavy atom. The molecular formula is C14H22ClNO2. The molecule has 2 N–H and O–H groups in total. The summed E-state index contributed by atoms with van der Waals surface area (Å²) >= 11 is 6.12. The first kappa shape index (κ1) is 15.1. The zero-order valence-corrected chi connectivity index (χ0v) is 12.0. The summed E-state index contributed by atoms with van der Waals surface area (Å²) in [5.74, 6) is 1.93. The second kappa shape index (κ2) is 7.49. The molecule has 0 radical (unpaired) electrons. The van der Waals surface area contributed by atoms with Gasteiger partial charge in [-0.25, -0.2) is 0 Å². The van der Waals surface area contributed by atoms with Crippen LogP contribution in [-0.4, -0.2) is 19.3 Å². The van der Waals surface area contributed by atoms with Gasteiger partial charge >= 0.3 is 0 Å². The third-order valence-electron chi connectivity index (χ3n) is 3.05. The van der Waals surface area contributed by atoms with Gasteiger partial charge in [-0.15, -0.1) is 0 Å². The lowest BCUT2D eigenvalue weighted by Gasteiger charge is -2.20. The fourth-order valence-electron chi connectivity index (χ4n) is 1.50. The summed E-state index contributed by atoms with van der Waals surface area (Å²) < 4.78 is 11.2. The van der Waals surface area contributed by atoms with Gasteiger partial charge in [0.2, 0.25) is 0 Å². The van der Waals surface area contributed by atoms with Crippen LogP contribution in [0.1, 0.15) is 27.2 Å². The van der Waals surface area contributed by atoms with E-state index in [1.54, 1.807) is 6.07 Å². The quantitative estimate of drug-likeness (QED) is 0.826. The van der Waals surface area contributed by atoms with Crippen LogP contribution in [0.5, 0.6) is 11.5 Å². The summed E-state index contributed by atoms with van der Waals surface area (Å²) in [6.07, 6.45) is 1.26. The Kier molecular flexibility index (Phi) is 6.30. The van der Waals surface area contributed by atoms with Gasteiger partial charge < -0.3 is 15.2 Å². The first-order valence-corrected chi connectivity index (χ1v) is 6.75. The number of benzene rings is 1. The normalized spacial score (nSPS) is 14.1. The molecule has 0 aromatic heterocycles. The second-order valence-corrected chi connectivity index (χ2v) is 4.85. The molecule has 4 heteroatoms. The SMILES string of the molecule is CCC(C)C(C)Oc1ccc(OCCN)c(Cl)c1. The lowest BCUT2D eigenvalue weighted by atomic mass is 10.0. The molecule has 0 spiro atoms. The molecule has 102 valence electrons. The Labute approximate surface area is 114 Å². The molecule has 0 heterocycles. The molecule has 0 aliphatic carbocycles. The average molecular weight is 272 g/mol. The average Bonchev–Trinajstić information content (AvgIpc) is 2.36. The monoisotopic (exact) mass is 271 g/mol. The highest BCUT2D eigenvalue weighted by molar-refractivity contribution is 6.32. The Hall–Kier alpha value is -0.930. The van der Waals surface area contributed by atoms with Crippen LogP contribution in [0.15, 0.2) is 18.2 Å². The molecule has 0 bridgehead atoms. The van der Waals surface area contributed by atoms with E-state index in [9.17, 15) is 0 Å². The molecule has 2 atom stereocenters. The molecular weight excluding hydrogens is 250 g/mol. The molecule has 0 amide bonds. The van der Waals surface area contributed by atoms with Gasteiger partial charge in [-0.1, -0.05) is 31.9 Å². The van der Waals surface area contributed by atoms with E-state index in [1.807, 2.05) is 12.1 Å². The van der Waals surface area contributed by atoms with Crippen molar-refractivity contribution in [3.05, 3.63) is 23.2 Å². The van der Waals surface area contributed by atoms with Gasteiger partial charge in [-0.3, -0.25) is 0 Å².